The highest BCUT2D eigenvalue weighted by molar-refractivity contribution is 6.30. The van der Waals surface area contributed by atoms with Crippen LogP contribution in [0.25, 0.3) is 5.65 Å². The van der Waals surface area contributed by atoms with E-state index in [4.69, 9.17) is 11.6 Å². The molecule has 3 heterocycles. The smallest absolute Gasteiger partial charge is 0.137 e. The molecule has 0 aromatic carbocycles. The molecule has 3 rings (SSSR count). The zero-order chi connectivity index (χ0) is 13.8. The molecular weight excluding hydrogens is 272 g/mol. The number of hydrogen-bond acceptors (Lipinski definition) is 3. The van der Waals surface area contributed by atoms with Crippen LogP contribution in [0.2, 0.25) is 5.02 Å². The summed E-state index contributed by atoms with van der Waals surface area (Å²) in [6, 6.07) is 7.84. The molecule has 0 aliphatic rings. The second-order valence-corrected chi connectivity index (χ2v) is 5.06. The Balaban J connectivity index is 1.55. The molecule has 0 saturated carbocycles. The van der Waals surface area contributed by atoms with E-state index in [9.17, 15) is 0 Å². The normalized spacial score (nSPS) is 11.1. The maximum absolute atomic E-state index is 5.95. The van der Waals surface area contributed by atoms with Gasteiger partial charge in [-0.05, 0) is 42.8 Å². The molecule has 0 atom stereocenters. The number of nitrogens with one attached hydrogen (secondary N) is 1. The van der Waals surface area contributed by atoms with Crippen molar-refractivity contribution in [2.45, 2.75) is 13.0 Å². The summed E-state index contributed by atoms with van der Waals surface area (Å²) in [6.45, 7) is 1.67. The lowest BCUT2D eigenvalue weighted by Gasteiger charge is -2.02. The summed E-state index contributed by atoms with van der Waals surface area (Å²) in [5.74, 6) is 0. The van der Waals surface area contributed by atoms with Gasteiger partial charge < -0.3 is 9.72 Å². The van der Waals surface area contributed by atoms with E-state index in [0.717, 1.165) is 30.9 Å². The van der Waals surface area contributed by atoms with Crippen molar-refractivity contribution < 1.29 is 0 Å². The minimum Gasteiger partial charge on any atom is -0.311 e. The summed E-state index contributed by atoms with van der Waals surface area (Å²) < 4.78 is 1.95. The number of hydrogen-bond donors (Lipinski definition) is 1. The van der Waals surface area contributed by atoms with E-state index in [0.29, 0.717) is 5.02 Å². The molecule has 0 spiro atoms. The second kappa shape index (κ2) is 6.03. The van der Waals surface area contributed by atoms with Gasteiger partial charge in [-0.15, -0.1) is 0 Å². The van der Waals surface area contributed by atoms with Gasteiger partial charge in [-0.3, -0.25) is 4.98 Å². The molecule has 5 heteroatoms. The summed E-state index contributed by atoms with van der Waals surface area (Å²) in [7, 11) is 0. The Bertz CT molecular complexity index is 693. The zero-order valence-corrected chi connectivity index (χ0v) is 11.7. The Morgan fingerprint density at radius 1 is 1.10 bits per heavy atom. The number of aromatic nitrogens is 3. The second-order valence-electron chi connectivity index (χ2n) is 4.63. The molecule has 0 amide bonds. The largest absolute Gasteiger partial charge is 0.311 e. The van der Waals surface area contributed by atoms with Crippen LogP contribution in [0.1, 0.15) is 11.3 Å². The fraction of sp³-hybridized carbons (Fsp3) is 0.200. The maximum atomic E-state index is 5.95. The highest BCUT2D eigenvalue weighted by Crippen LogP contribution is 2.11. The summed E-state index contributed by atoms with van der Waals surface area (Å²) in [6.07, 6.45) is 8.50. The van der Waals surface area contributed by atoms with Crippen LogP contribution >= 0.6 is 11.6 Å². The zero-order valence-electron chi connectivity index (χ0n) is 11.0. The van der Waals surface area contributed by atoms with Crippen LogP contribution < -0.4 is 5.32 Å². The Kier molecular flexibility index (Phi) is 3.95. The molecule has 0 radical (unpaired) electrons. The third-order valence-electron chi connectivity index (χ3n) is 3.11. The van der Waals surface area contributed by atoms with Gasteiger partial charge >= 0.3 is 0 Å². The first-order valence-corrected chi connectivity index (χ1v) is 6.92. The Morgan fingerprint density at radius 3 is 2.80 bits per heavy atom. The van der Waals surface area contributed by atoms with Crippen molar-refractivity contribution in [3.8, 4) is 0 Å². The predicted octanol–water partition coefficient (Wildman–Crippen LogP) is 2.72. The van der Waals surface area contributed by atoms with Crippen molar-refractivity contribution in [3.05, 3.63) is 65.3 Å². The fourth-order valence-corrected chi connectivity index (χ4v) is 2.27. The summed E-state index contributed by atoms with van der Waals surface area (Å²) in [5.41, 5.74) is 3.22. The summed E-state index contributed by atoms with van der Waals surface area (Å²) in [5, 5.41) is 4.11. The molecule has 0 bridgehead atoms. The SMILES string of the molecule is Clc1ccc2nc(CNCCc3ccncc3)cn2c1. The van der Waals surface area contributed by atoms with E-state index in [1.807, 2.05) is 53.5 Å². The third kappa shape index (κ3) is 3.15. The molecule has 0 unspecified atom stereocenters. The van der Waals surface area contributed by atoms with Crippen LogP contribution in [0.15, 0.2) is 49.1 Å². The van der Waals surface area contributed by atoms with E-state index < -0.39 is 0 Å². The van der Waals surface area contributed by atoms with E-state index in [-0.39, 0.29) is 0 Å². The Morgan fingerprint density at radius 2 is 1.95 bits per heavy atom. The average Bonchev–Trinajstić information content (AvgIpc) is 2.86. The van der Waals surface area contributed by atoms with E-state index >= 15 is 0 Å². The van der Waals surface area contributed by atoms with Crippen molar-refractivity contribution in [2.75, 3.05) is 6.54 Å². The summed E-state index contributed by atoms with van der Waals surface area (Å²) >= 11 is 5.95. The molecule has 3 aromatic rings. The number of imidazole rings is 1. The van der Waals surface area contributed by atoms with Gasteiger partial charge in [0.05, 0.1) is 10.7 Å². The number of fused-ring (bicyclic) bond motifs is 1. The van der Waals surface area contributed by atoms with Crippen LogP contribution in [0.4, 0.5) is 0 Å². The third-order valence-corrected chi connectivity index (χ3v) is 3.33. The molecule has 4 nitrogen and oxygen atoms in total. The lowest BCUT2D eigenvalue weighted by molar-refractivity contribution is 0.677. The lowest BCUT2D eigenvalue weighted by atomic mass is 10.2. The van der Waals surface area contributed by atoms with Crippen molar-refractivity contribution in [1.82, 2.24) is 19.7 Å². The number of rotatable bonds is 5. The van der Waals surface area contributed by atoms with Gasteiger partial charge in [0, 0.05) is 31.3 Å². The highest BCUT2D eigenvalue weighted by Gasteiger charge is 2.01. The minimum atomic E-state index is 0.715. The van der Waals surface area contributed by atoms with Gasteiger partial charge in [0.25, 0.3) is 0 Å². The topological polar surface area (TPSA) is 42.2 Å². The number of halogens is 1. The van der Waals surface area contributed by atoms with Crippen LogP contribution in [0, 0.1) is 0 Å². The molecular formula is C15H15ClN4. The lowest BCUT2D eigenvalue weighted by Crippen LogP contribution is -2.16. The van der Waals surface area contributed by atoms with E-state index in [2.05, 4.69) is 15.3 Å². The van der Waals surface area contributed by atoms with Crippen LogP contribution in [-0.2, 0) is 13.0 Å². The first-order valence-electron chi connectivity index (χ1n) is 6.54. The van der Waals surface area contributed by atoms with E-state index in [1.54, 1.807) is 0 Å². The van der Waals surface area contributed by atoms with Gasteiger partial charge in [0.15, 0.2) is 0 Å². The van der Waals surface area contributed by atoms with Gasteiger partial charge in [-0.25, -0.2) is 4.98 Å². The summed E-state index contributed by atoms with van der Waals surface area (Å²) in [4.78, 5) is 8.54. The minimum absolute atomic E-state index is 0.715. The van der Waals surface area contributed by atoms with E-state index in [1.165, 1.54) is 5.56 Å². The molecule has 20 heavy (non-hydrogen) atoms. The molecule has 0 aliphatic heterocycles. The Hall–Kier alpha value is -1.91. The molecule has 1 N–H and O–H groups in total. The fourth-order valence-electron chi connectivity index (χ4n) is 2.10. The standard InChI is InChI=1S/C15H15ClN4/c16-13-1-2-15-19-14(11-20(15)10-13)9-18-8-5-12-3-6-17-7-4-12/h1-4,6-7,10-11,18H,5,8-9H2. The molecule has 0 aliphatic carbocycles. The predicted molar refractivity (Wildman–Crippen MR) is 79.8 cm³/mol. The number of nitrogens with zero attached hydrogens (tertiary/aromatic N) is 3. The van der Waals surface area contributed by atoms with Gasteiger partial charge in [0.2, 0.25) is 0 Å². The maximum Gasteiger partial charge on any atom is 0.137 e. The first kappa shape index (κ1) is 13.1. The Labute approximate surface area is 122 Å². The van der Waals surface area contributed by atoms with Crippen molar-refractivity contribution in [2.24, 2.45) is 0 Å². The molecule has 102 valence electrons. The van der Waals surface area contributed by atoms with Crippen LogP contribution in [0.5, 0.6) is 0 Å². The first-order chi connectivity index (χ1) is 9.81. The molecule has 0 fully saturated rings. The average molecular weight is 287 g/mol. The molecule has 0 saturated heterocycles. The quantitative estimate of drug-likeness (QED) is 0.733. The number of pyridine rings is 2. The van der Waals surface area contributed by atoms with Crippen molar-refractivity contribution in [3.63, 3.8) is 0 Å². The highest BCUT2D eigenvalue weighted by atomic mass is 35.5. The van der Waals surface area contributed by atoms with Gasteiger partial charge in [-0.2, -0.15) is 0 Å². The van der Waals surface area contributed by atoms with Gasteiger partial charge in [-0.1, -0.05) is 11.6 Å². The van der Waals surface area contributed by atoms with Crippen molar-refractivity contribution in [1.29, 1.82) is 0 Å². The van der Waals surface area contributed by atoms with Crippen LogP contribution in [0.3, 0.4) is 0 Å². The van der Waals surface area contributed by atoms with Crippen LogP contribution in [-0.4, -0.2) is 20.9 Å². The van der Waals surface area contributed by atoms with Gasteiger partial charge in [0.1, 0.15) is 5.65 Å². The monoisotopic (exact) mass is 286 g/mol. The molecule has 3 aromatic heterocycles. The van der Waals surface area contributed by atoms with Crippen molar-refractivity contribution >= 4 is 17.2 Å².